The standard InChI is InChI=1S/C30H20F4N4OS/c31-25-15-19(12-13-24(25)30(32,33)34)18-40-29-37-36-28(38(29)17-21-9-6-14-39-21)23-16-27(20-7-2-1-3-8-20)35-26-11-5-4-10-22(23)26/h1-16H,17-18H2. The molecule has 0 atom stereocenters. The monoisotopic (exact) mass is 560 g/mol. The summed E-state index contributed by atoms with van der Waals surface area (Å²) in [7, 11) is 0. The molecule has 3 heterocycles. The number of alkyl halides is 3. The lowest BCUT2D eigenvalue weighted by molar-refractivity contribution is -0.140. The smallest absolute Gasteiger partial charge is 0.419 e. The predicted octanol–water partition coefficient (Wildman–Crippen LogP) is 8.25. The molecule has 0 spiro atoms. The van der Waals surface area contributed by atoms with Crippen molar-refractivity contribution < 1.29 is 22.0 Å². The second kappa shape index (κ2) is 10.6. The van der Waals surface area contributed by atoms with Crippen LogP contribution >= 0.6 is 11.8 Å². The van der Waals surface area contributed by atoms with Crippen LogP contribution in [0.25, 0.3) is 33.5 Å². The molecule has 0 aliphatic carbocycles. The van der Waals surface area contributed by atoms with E-state index in [1.165, 1.54) is 17.8 Å². The molecule has 0 fully saturated rings. The molecule has 0 bridgehead atoms. The van der Waals surface area contributed by atoms with Crippen molar-refractivity contribution >= 4 is 22.7 Å². The highest BCUT2D eigenvalue weighted by atomic mass is 32.2. The van der Waals surface area contributed by atoms with Crippen LogP contribution in [0.4, 0.5) is 17.6 Å². The quantitative estimate of drug-likeness (QED) is 0.145. The van der Waals surface area contributed by atoms with Crippen molar-refractivity contribution in [3.63, 3.8) is 0 Å². The van der Waals surface area contributed by atoms with Crippen molar-refractivity contribution in [3.8, 4) is 22.6 Å². The van der Waals surface area contributed by atoms with Crippen LogP contribution in [0.2, 0.25) is 0 Å². The van der Waals surface area contributed by atoms with Crippen molar-refractivity contribution in [3.05, 3.63) is 120 Å². The van der Waals surface area contributed by atoms with Gasteiger partial charge in [-0.2, -0.15) is 13.2 Å². The first-order valence-corrected chi connectivity index (χ1v) is 13.2. The number of para-hydroxylation sites is 1. The highest BCUT2D eigenvalue weighted by Crippen LogP contribution is 2.35. The van der Waals surface area contributed by atoms with E-state index in [-0.39, 0.29) is 5.75 Å². The molecule has 0 saturated heterocycles. The van der Waals surface area contributed by atoms with Crippen molar-refractivity contribution in [2.45, 2.75) is 23.6 Å². The van der Waals surface area contributed by atoms with E-state index in [9.17, 15) is 17.6 Å². The van der Waals surface area contributed by atoms with Gasteiger partial charge in [0.2, 0.25) is 0 Å². The molecular weight excluding hydrogens is 540 g/mol. The van der Waals surface area contributed by atoms with Gasteiger partial charge in [-0.3, -0.25) is 4.57 Å². The zero-order valence-corrected chi connectivity index (χ0v) is 21.6. The molecule has 6 rings (SSSR count). The third kappa shape index (κ3) is 5.22. The van der Waals surface area contributed by atoms with Gasteiger partial charge in [0.15, 0.2) is 11.0 Å². The van der Waals surface area contributed by atoms with Gasteiger partial charge >= 0.3 is 6.18 Å². The summed E-state index contributed by atoms with van der Waals surface area (Å²) in [4.78, 5) is 4.86. The Labute approximate surface area is 230 Å². The van der Waals surface area contributed by atoms with E-state index >= 15 is 0 Å². The van der Waals surface area contributed by atoms with Gasteiger partial charge in [0, 0.05) is 22.3 Å². The first-order chi connectivity index (χ1) is 19.4. The number of fused-ring (bicyclic) bond motifs is 1. The molecule has 3 aromatic heterocycles. The van der Waals surface area contributed by atoms with E-state index in [0.29, 0.717) is 28.8 Å². The summed E-state index contributed by atoms with van der Waals surface area (Å²) < 4.78 is 60.7. The number of halogens is 4. The average Bonchev–Trinajstić information content (AvgIpc) is 3.61. The summed E-state index contributed by atoms with van der Waals surface area (Å²) in [5, 5.41) is 10.3. The zero-order valence-electron chi connectivity index (χ0n) is 20.8. The molecule has 10 heteroatoms. The van der Waals surface area contributed by atoms with Gasteiger partial charge < -0.3 is 4.42 Å². The van der Waals surface area contributed by atoms with E-state index in [1.54, 1.807) is 12.3 Å². The number of benzene rings is 3. The number of rotatable bonds is 7. The van der Waals surface area contributed by atoms with E-state index in [1.807, 2.05) is 71.3 Å². The van der Waals surface area contributed by atoms with Crippen LogP contribution in [-0.2, 0) is 18.5 Å². The third-order valence-electron chi connectivity index (χ3n) is 6.34. The Morgan fingerprint density at radius 2 is 1.65 bits per heavy atom. The summed E-state index contributed by atoms with van der Waals surface area (Å²) >= 11 is 1.25. The number of pyridine rings is 1. The van der Waals surface area contributed by atoms with Crippen molar-refractivity contribution in [2.24, 2.45) is 0 Å². The normalized spacial score (nSPS) is 11.8. The second-order valence-electron chi connectivity index (χ2n) is 9.01. The number of thioether (sulfide) groups is 1. The molecule has 0 amide bonds. The largest absolute Gasteiger partial charge is 0.467 e. The Balaban J connectivity index is 1.42. The Kier molecular flexibility index (Phi) is 6.85. The highest BCUT2D eigenvalue weighted by molar-refractivity contribution is 7.98. The topological polar surface area (TPSA) is 56.7 Å². The number of aromatic nitrogens is 4. The fourth-order valence-corrected chi connectivity index (χ4v) is 5.32. The molecule has 3 aromatic carbocycles. The fraction of sp³-hybridized carbons (Fsp3) is 0.100. The lowest BCUT2D eigenvalue weighted by Gasteiger charge is -2.13. The SMILES string of the molecule is Fc1cc(CSc2nnc(-c3cc(-c4ccccc4)nc4ccccc34)n2Cc2ccco2)ccc1C(F)(F)F. The van der Waals surface area contributed by atoms with Crippen LogP contribution in [0.5, 0.6) is 0 Å². The summed E-state index contributed by atoms with van der Waals surface area (Å²) in [6.07, 6.45) is -3.17. The third-order valence-corrected chi connectivity index (χ3v) is 7.38. The molecule has 0 radical (unpaired) electrons. The molecule has 0 N–H and O–H groups in total. The van der Waals surface area contributed by atoms with Crippen LogP contribution in [0, 0.1) is 5.82 Å². The zero-order chi connectivity index (χ0) is 27.7. The predicted molar refractivity (Wildman–Crippen MR) is 145 cm³/mol. The van der Waals surface area contributed by atoms with Gasteiger partial charge in [0.25, 0.3) is 0 Å². The molecule has 200 valence electrons. The first-order valence-electron chi connectivity index (χ1n) is 12.3. The summed E-state index contributed by atoms with van der Waals surface area (Å²) in [5.41, 5.74) is 2.44. The van der Waals surface area contributed by atoms with E-state index in [0.717, 1.165) is 39.9 Å². The van der Waals surface area contributed by atoms with E-state index in [2.05, 4.69) is 10.2 Å². The molecule has 0 aliphatic rings. The Morgan fingerprint density at radius 1 is 0.850 bits per heavy atom. The number of furan rings is 1. The Hall–Kier alpha value is -4.44. The number of hydrogen-bond acceptors (Lipinski definition) is 5. The lowest BCUT2D eigenvalue weighted by Crippen LogP contribution is -2.08. The van der Waals surface area contributed by atoms with Gasteiger partial charge in [-0.1, -0.05) is 66.4 Å². The fourth-order valence-electron chi connectivity index (χ4n) is 4.44. The molecule has 5 nitrogen and oxygen atoms in total. The molecule has 6 aromatic rings. The van der Waals surface area contributed by atoms with Crippen LogP contribution in [-0.4, -0.2) is 19.7 Å². The molecule has 0 aliphatic heterocycles. The van der Waals surface area contributed by atoms with E-state index < -0.39 is 17.6 Å². The van der Waals surface area contributed by atoms with Crippen LogP contribution in [0.1, 0.15) is 16.9 Å². The van der Waals surface area contributed by atoms with Gasteiger partial charge in [-0.25, -0.2) is 9.37 Å². The van der Waals surface area contributed by atoms with Crippen molar-refractivity contribution in [1.82, 2.24) is 19.7 Å². The van der Waals surface area contributed by atoms with Gasteiger partial charge in [0.05, 0.1) is 29.6 Å². The minimum Gasteiger partial charge on any atom is -0.467 e. The number of nitrogens with zero attached hydrogens (tertiary/aromatic N) is 4. The summed E-state index contributed by atoms with van der Waals surface area (Å²) in [6, 6.07) is 26.1. The molecule has 0 unspecified atom stereocenters. The Morgan fingerprint density at radius 3 is 2.40 bits per heavy atom. The van der Waals surface area contributed by atoms with Gasteiger partial charge in [-0.15, -0.1) is 10.2 Å². The first kappa shape index (κ1) is 25.8. The minimum absolute atomic E-state index is 0.192. The van der Waals surface area contributed by atoms with Crippen LogP contribution in [0.3, 0.4) is 0 Å². The second-order valence-corrected chi connectivity index (χ2v) is 9.95. The van der Waals surface area contributed by atoms with Crippen LogP contribution < -0.4 is 0 Å². The van der Waals surface area contributed by atoms with Gasteiger partial charge in [0.1, 0.15) is 11.6 Å². The average molecular weight is 561 g/mol. The Bertz CT molecular complexity index is 1780. The van der Waals surface area contributed by atoms with Crippen molar-refractivity contribution in [1.29, 1.82) is 0 Å². The lowest BCUT2D eigenvalue weighted by atomic mass is 10.0. The van der Waals surface area contributed by atoms with Crippen LogP contribution in [0.15, 0.2) is 107 Å². The maximum absolute atomic E-state index is 14.2. The highest BCUT2D eigenvalue weighted by Gasteiger charge is 2.34. The molecule has 40 heavy (non-hydrogen) atoms. The van der Waals surface area contributed by atoms with E-state index in [4.69, 9.17) is 9.40 Å². The molecule has 0 saturated carbocycles. The summed E-state index contributed by atoms with van der Waals surface area (Å²) in [6.45, 7) is 0.316. The molecular formula is C30H20F4N4OS. The van der Waals surface area contributed by atoms with Gasteiger partial charge in [-0.05, 0) is 42.0 Å². The number of hydrogen-bond donors (Lipinski definition) is 0. The van der Waals surface area contributed by atoms with Crippen molar-refractivity contribution in [2.75, 3.05) is 0 Å². The minimum atomic E-state index is -4.75. The maximum atomic E-state index is 14.2. The maximum Gasteiger partial charge on any atom is 0.419 e. The summed E-state index contributed by atoms with van der Waals surface area (Å²) in [5.74, 6) is 0.135.